The number of ether oxygens (including phenoxy) is 1. The van der Waals surface area contributed by atoms with Gasteiger partial charge in [0.1, 0.15) is 0 Å². The average molecular weight is 390 g/mol. The lowest BCUT2D eigenvalue weighted by molar-refractivity contribution is 0.398. The lowest BCUT2D eigenvalue weighted by Gasteiger charge is -2.24. The highest BCUT2D eigenvalue weighted by Gasteiger charge is 2.22. The number of methoxy groups -OCH3 is 1. The van der Waals surface area contributed by atoms with Crippen LogP contribution >= 0.6 is 0 Å². The molecule has 30 heavy (non-hydrogen) atoms. The number of rotatable bonds is 5. The van der Waals surface area contributed by atoms with Gasteiger partial charge in [-0.2, -0.15) is 0 Å². The Kier molecular flexibility index (Phi) is 4.86. The smallest absolute Gasteiger partial charge is 0.213 e. The first-order valence-corrected chi connectivity index (χ1v) is 10.2. The first-order valence-electron chi connectivity index (χ1n) is 10.2. The van der Waals surface area contributed by atoms with Crippen molar-refractivity contribution in [2.24, 2.45) is 4.99 Å². The molecule has 0 spiro atoms. The summed E-state index contributed by atoms with van der Waals surface area (Å²) in [4.78, 5) is 9.56. The van der Waals surface area contributed by atoms with Crippen LogP contribution in [0, 0.1) is 0 Å². The zero-order valence-electron chi connectivity index (χ0n) is 16.9. The van der Waals surface area contributed by atoms with Crippen LogP contribution in [0.15, 0.2) is 96.1 Å². The molecule has 0 radical (unpaired) electrons. The molecule has 1 heterocycles. The maximum atomic E-state index is 5.36. The molecule has 1 aliphatic carbocycles. The van der Waals surface area contributed by atoms with Gasteiger partial charge in [0.25, 0.3) is 0 Å². The van der Waals surface area contributed by atoms with E-state index in [0.717, 1.165) is 46.5 Å². The van der Waals surface area contributed by atoms with E-state index in [4.69, 9.17) is 9.73 Å². The maximum Gasteiger partial charge on any atom is 0.213 e. The molecule has 0 saturated carbocycles. The van der Waals surface area contributed by atoms with Gasteiger partial charge in [0, 0.05) is 29.0 Å². The number of nitrogens with zero attached hydrogens (tertiary/aromatic N) is 2. The summed E-state index contributed by atoms with van der Waals surface area (Å²) >= 11 is 0. The van der Waals surface area contributed by atoms with Crippen LogP contribution in [-0.2, 0) is 12.8 Å². The SMILES string of the molecule is COc1cc(-c2ccc3c(c2N=C(c2ccccc2)c2ccccc2)CC3)ccn1. The third-order valence-corrected chi connectivity index (χ3v) is 5.60. The van der Waals surface area contributed by atoms with Gasteiger partial charge in [-0.05, 0) is 35.6 Å². The topological polar surface area (TPSA) is 34.5 Å². The van der Waals surface area contributed by atoms with Crippen LogP contribution in [0.5, 0.6) is 5.88 Å². The molecule has 3 nitrogen and oxygen atoms in total. The lowest BCUT2D eigenvalue weighted by atomic mass is 9.84. The molecule has 3 heteroatoms. The van der Waals surface area contributed by atoms with Crippen molar-refractivity contribution >= 4 is 11.4 Å². The third kappa shape index (κ3) is 3.39. The van der Waals surface area contributed by atoms with Crippen molar-refractivity contribution in [3.05, 3.63) is 113 Å². The molecule has 0 N–H and O–H groups in total. The molecule has 146 valence electrons. The fourth-order valence-electron chi connectivity index (χ4n) is 3.92. The van der Waals surface area contributed by atoms with Crippen molar-refractivity contribution in [2.75, 3.05) is 7.11 Å². The van der Waals surface area contributed by atoms with Gasteiger partial charge < -0.3 is 4.74 Å². The van der Waals surface area contributed by atoms with Gasteiger partial charge in [-0.1, -0.05) is 72.8 Å². The molecule has 0 saturated heterocycles. The van der Waals surface area contributed by atoms with Gasteiger partial charge in [-0.15, -0.1) is 0 Å². The highest BCUT2D eigenvalue weighted by Crippen LogP contribution is 2.41. The van der Waals surface area contributed by atoms with E-state index in [0.29, 0.717) is 5.88 Å². The highest BCUT2D eigenvalue weighted by molar-refractivity contribution is 6.14. The molecule has 0 aliphatic heterocycles. The van der Waals surface area contributed by atoms with Crippen LogP contribution in [0.25, 0.3) is 11.1 Å². The molecule has 0 unspecified atom stereocenters. The number of aromatic nitrogens is 1. The Morgan fingerprint density at radius 3 is 2.13 bits per heavy atom. The minimum atomic E-state index is 0.608. The summed E-state index contributed by atoms with van der Waals surface area (Å²) < 4.78 is 5.36. The van der Waals surface area contributed by atoms with E-state index in [2.05, 4.69) is 65.6 Å². The van der Waals surface area contributed by atoms with E-state index in [1.165, 1.54) is 11.1 Å². The van der Waals surface area contributed by atoms with Gasteiger partial charge in [-0.3, -0.25) is 0 Å². The summed E-state index contributed by atoms with van der Waals surface area (Å²) in [6.45, 7) is 0. The summed E-state index contributed by atoms with van der Waals surface area (Å²) in [6, 6.07) is 29.2. The molecular formula is C27H22N2O. The number of aryl methyl sites for hydroxylation is 1. The van der Waals surface area contributed by atoms with Crippen LogP contribution in [0.1, 0.15) is 22.3 Å². The average Bonchev–Trinajstić information content (AvgIpc) is 2.79. The van der Waals surface area contributed by atoms with E-state index in [9.17, 15) is 0 Å². The van der Waals surface area contributed by atoms with Gasteiger partial charge in [0.2, 0.25) is 5.88 Å². The maximum absolute atomic E-state index is 5.36. The van der Waals surface area contributed by atoms with Crippen molar-refractivity contribution < 1.29 is 4.74 Å². The van der Waals surface area contributed by atoms with Crippen LogP contribution < -0.4 is 4.74 Å². The Morgan fingerprint density at radius 1 is 0.833 bits per heavy atom. The second-order valence-electron chi connectivity index (χ2n) is 7.38. The second-order valence-corrected chi connectivity index (χ2v) is 7.38. The number of aliphatic imine (C=N–C) groups is 1. The van der Waals surface area contributed by atoms with E-state index < -0.39 is 0 Å². The molecule has 0 amide bonds. The minimum Gasteiger partial charge on any atom is -0.481 e. The highest BCUT2D eigenvalue weighted by atomic mass is 16.5. The van der Waals surface area contributed by atoms with Crippen molar-refractivity contribution in [1.82, 2.24) is 4.98 Å². The van der Waals surface area contributed by atoms with Gasteiger partial charge in [-0.25, -0.2) is 9.98 Å². The summed E-state index contributed by atoms with van der Waals surface area (Å²) in [7, 11) is 1.64. The predicted octanol–water partition coefficient (Wildman–Crippen LogP) is 6.02. The zero-order valence-corrected chi connectivity index (χ0v) is 16.9. The number of fused-ring (bicyclic) bond motifs is 1. The molecule has 0 bridgehead atoms. The molecule has 4 aromatic rings. The minimum absolute atomic E-state index is 0.608. The molecule has 3 aromatic carbocycles. The largest absolute Gasteiger partial charge is 0.481 e. The third-order valence-electron chi connectivity index (χ3n) is 5.60. The van der Waals surface area contributed by atoms with Crippen LogP contribution in [-0.4, -0.2) is 17.8 Å². The van der Waals surface area contributed by atoms with Gasteiger partial charge in [0.05, 0.1) is 18.5 Å². The number of hydrogen-bond acceptors (Lipinski definition) is 3. The lowest BCUT2D eigenvalue weighted by Crippen LogP contribution is -2.10. The molecule has 1 aliphatic rings. The molecule has 0 fully saturated rings. The van der Waals surface area contributed by atoms with Crippen molar-refractivity contribution in [1.29, 1.82) is 0 Å². The van der Waals surface area contributed by atoms with Gasteiger partial charge >= 0.3 is 0 Å². The monoisotopic (exact) mass is 390 g/mol. The first-order chi connectivity index (χ1) is 14.8. The fourth-order valence-corrected chi connectivity index (χ4v) is 3.92. The number of pyridine rings is 1. The Balaban J connectivity index is 1.74. The predicted molar refractivity (Wildman–Crippen MR) is 122 cm³/mol. The summed E-state index contributed by atoms with van der Waals surface area (Å²) in [5.41, 5.74) is 9.16. The standard InChI is InChI=1S/C27H22N2O/c1-30-25-18-22(16-17-28-25)24-15-13-19-12-14-23(19)27(24)29-26(20-8-4-2-5-9-20)21-10-6-3-7-11-21/h2-11,13,15-18H,12,14H2,1H3. The Bertz CT molecular complexity index is 1170. The van der Waals surface area contributed by atoms with Gasteiger partial charge in [0.15, 0.2) is 0 Å². The van der Waals surface area contributed by atoms with E-state index >= 15 is 0 Å². The zero-order chi connectivity index (χ0) is 20.3. The van der Waals surface area contributed by atoms with Crippen LogP contribution in [0.2, 0.25) is 0 Å². The van der Waals surface area contributed by atoms with Crippen molar-refractivity contribution in [3.63, 3.8) is 0 Å². The molecular weight excluding hydrogens is 368 g/mol. The molecule has 0 atom stereocenters. The first kappa shape index (κ1) is 18.3. The van der Waals surface area contributed by atoms with E-state index in [1.54, 1.807) is 13.3 Å². The molecule has 5 rings (SSSR count). The van der Waals surface area contributed by atoms with E-state index in [-0.39, 0.29) is 0 Å². The van der Waals surface area contributed by atoms with Crippen molar-refractivity contribution in [3.8, 4) is 17.0 Å². The van der Waals surface area contributed by atoms with Crippen molar-refractivity contribution in [2.45, 2.75) is 12.8 Å². The number of benzene rings is 3. The Hall–Kier alpha value is -3.72. The number of hydrogen-bond donors (Lipinski definition) is 0. The van der Waals surface area contributed by atoms with E-state index in [1.807, 2.05) is 24.3 Å². The quantitative estimate of drug-likeness (QED) is 0.390. The second kappa shape index (κ2) is 7.96. The molecule has 1 aromatic heterocycles. The summed E-state index contributed by atoms with van der Waals surface area (Å²) in [6.07, 6.45) is 3.96. The summed E-state index contributed by atoms with van der Waals surface area (Å²) in [5.74, 6) is 0.608. The Morgan fingerprint density at radius 2 is 1.53 bits per heavy atom. The Labute approximate surface area is 176 Å². The van der Waals surface area contributed by atoms with Crippen LogP contribution in [0.3, 0.4) is 0 Å². The van der Waals surface area contributed by atoms with Crippen LogP contribution in [0.4, 0.5) is 5.69 Å². The fraction of sp³-hybridized carbons (Fsp3) is 0.111. The normalized spacial score (nSPS) is 11.9. The summed E-state index contributed by atoms with van der Waals surface area (Å²) in [5, 5.41) is 0.